The molecule has 3 aliphatic rings. The molecule has 2 saturated carbocycles. The number of rotatable bonds is 12. The van der Waals surface area contributed by atoms with Crippen molar-refractivity contribution in [1.82, 2.24) is 19.8 Å². The first kappa shape index (κ1) is 31.3. The Kier molecular flexibility index (Phi) is 8.59. The second kappa shape index (κ2) is 12.6. The van der Waals surface area contributed by atoms with Crippen LogP contribution in [0.2, 0.25) is 0 Å². The van der Waals surface area contributed by atoms with Gasteiger partial charge in [-0.15, -0.1) is 0 Å². The van der Waals surface area contributed by atoms with Crippen LogP contribution >= 0.6 is 0 Å². The molecule has 3 fully saturated rings. The average Bonchev–Trinajstić information content (AvgIpc) is 3.96. The molecule has 46 heavy (non-hydrogen) atoms. The molecule has 2 N–H and O–H groups in total. The largest absolute Gasteiger partial charge is 0.474 e. The van der Waals surface area contributed by atoms with Gasteiger partial charge in [-0.2, -0.15) is 10.2 Å². The summed E-state index contributed by atoms with van der Waals surface area (Å²) < 4.78 is 40.1. The van der Waals surface area contributed by atoms with Crippen molar-refractivity contribution < 1.29 is 27.8 Å². The number of nitriles is 1. The average molecular weight is 633 g/mol. The normalized spacial score (nSPS) is 17.5. The highest BCUT2D eigenvalue weighted by molar-refractivity contribution is 6.05. The molecular formula is C33H34F2N6O5. The zero-order chi connectivity index (χ0) is 32.6. The number of benzene rings is 1. The van der Waals surface area contributed by atoms with Gasteiger partial charge in [-0.05, 0) is 73.6 Å². The van der Waals surface area contributed by atoms with Crippen molar-refractivity contribution in [3.8, 4) is 23.1 Å². The van der Waals surface area contributed by atoms with E-state index in [-0.39, 0.29) is 46.6 Å². The van der Waals surface area contributed by atoms with Gasteiger partial charge in [0.2, 0.25) is 5.88 Å². The van der Waals surface area contributed by atoms with E-state index < -0.39 is 36.4 Å². The highest BCUT2D eigenvalue weighted by Gasteiger charge is 2.46. The fourth-order valence-electron chi connectivity index (χ4n) is 5.24. The molecule has 3 aromatic rings. The number of amides is 2. The van der Waals surface area contributed by atoms with Crippen LogP contribution in [0.25, 0.3) is 11.1 Å². The van der Waals surface area contributed by atoms with E-state index in [1.807, 2.05) is 13.0 Å². The Hall–Kier alpha value is -4.67. The molecule has 240 valence electrons. The van der Waals surface area contributed by atoms with E-state index in [0.717, 1.165) is 36.1 Å². The lowest BCUT2D eigenvalue weighted by Crippen LogP contribution is -2.58. The molecule has 2 aliphatic carbocycles. The van der Waals surface area contributed by atoms with Crippen LogP contribution in [0.3, 0.4) is 0 Å². The third-order valence-corrected chi connectivity index (χ3v) is 8.12. The summed E-state index contributed by atoms with van der Waals surface area (Å²) in [5.74, 6) is -4.00. The molecule has 1 atom stereocenters. The van der Waals surface area contributed by atoms with Crippen molar-refractivity contribution in [1.29, 1.82) is 5.26 Å². The highest BCUT2D eigenvalue weighted by atomic mass is 19.3. The van der Waals surface area contributed by atoms with Gasteiger partial charge in [0.25, 0.3) is 23.3 Å². The number of methoxy groups -OCH3 is 1. The Bertz CT molecular complexity index is 1770. The van der Waals surface area contributed by atoms with Gasteiger partial charge in [-0.3, -0.25) is 14.4 Å². The molecule has 6 rings (SSSR count). The minimum atomic E-state index is -2.96. The fraction of sp³-hybridized carbons (Fsp3) is 0.424. The first-order valence-corrected chi connectivity index (χ1v) is 15.2. The smallest absolute Gasteiger partial charge is 0.282 e. The first-order chi connectivity index (χ1) is 22.0. The molecule has 2 aromatic heterocycles. The molecule has 0 bridgehead atoms. The lowest BCUT2D eigenvalue weighted by molar-refractivity contribution is -0.113. The van der Waals surface area contributed by atoms with Crippen molar-refractivity contribution in [3.05, 3.63) is 75.2 Å². The topological polar surface area (TPSA) is 139 Å². The van der Waals surface area contributed by atoms with Crippen LogP contribution in [0.15, 0.2) is 47.4 Å². The van der Waals surface area contributed by atoms with Crippen molar-refractivity contribution in [2.45, 2.75) is 63.3 Å². The molecule has 13 heteroatoms. The van der Waals surface area contributed by atoms with E-state index >= 15 is 0 Å². The quantitative estimate of drug-likeness (QED) is 0.304. The molecule has 1 aliphatic heterocycles. The molecule has 0 unspecified atom stereocenters. The maximum absolute atomic E-state index is 13.6. The molecule has 1 saturated heterocycles. The number of carbonyl (C=O) groups excluding carboxylic acids is 2. The predicted octanol–water partition coefficient (Wildman–Crippen LogP) is 4.13. The standard InChI is InChI=1S/C33H34F2N6O5/c1-19(45-2)14-37-15-21-10-27(32(44)41(16-21)23-4-5-23)30(42)39-28-11-22(12-29(38-28)46-24-6-7-24)25-8-3-20(13-36)9-26(25)31(43)40-17-33(34,35)18-40/h3,8-12,16,19,23-24,37H,4-7,14-15,17-18H2,1-2H3,(H,38,39,42)/t19-/m0/s1. The van der Waals surface area contributed by atoms with Crippen molar-refractivity contribution in [3.63, 3.8) is 0 Å². The Balaban J connectivity index is 1.33. The lowest BCUT2D eigenvalue weighted by atomic mass is 9.96. The van der Waals surface area contributed by atoms with Gasteiger partial charge >= 0.3 is 0 Å². The van der Waals surface area contributed by atoms with Crippen molar-refractivity contribution in [2.75, 3.05) is 32.1 Å². The molecular weight excluding hydrogens is 598 g/mol. The number of halogens is 2. The van der Waals surface area contributed by atoms with E-state index in [9.17, 15) is 28.4 Å². The summed E-state index contributed by atoms with van der Waals surface area (Å²) in [4.78, 5) is 45.8. The van der Waals surface area contributed by atoms with Crippen LogP contribution < -0.4 is 20.9 Å². The molecule has 0 spiro atoms. The maximum atomic E-state index is 13.6. The summed E-state index contributed by atoms with van der Waals surface area (Å²) in [6, 6.07) is 11.1. The Morgan fingerprint density at radius 2 is 1.89 bits per heavy atom. The number of pyridine rings is 2. The molecule has 0 radical (unpaired) electrons. The Labute approximate surface area is 264 Å². The Morgan fingerprint density at radius 1 is 1.13 bits per heavy atom. The number of hydrogen-bond acceptors (Lipinski definition) is 8. The summed E-state index contributed by atoms with van der Waals surface area (Å²) in [7, 11) is 1.62. The number of aromatic nitrogens is 2. The number of nitrogens with one attached hydrogen (secondary N) is 2. The van der Waals surface area contributed by atoms with Crippen molar-refractivity contribution in [2.24, 2.45) is 0 Å². The summed E-state index contributed by atoms with van der Waals surface area (Å²) in [5.41, 5.74) is 1.33. The number of carbonyl (C=O) groups is 2. The summed E-state index contributed by atoms with van der Waals surface area (Å²) in [6.45, 7) is 1.51. The van der Waals surface area contributed by atoms with E-state index in [1.54, 1.807) is 36.1 Å². The van der Waals surface area contributed by atoms with Crippen LogP contribution in [0.4, 0.5) is 14.6 Å². The van der Waals surface area contributed by atoms with Gasteiger partial charge in [0.1, 0.15) is 17.5 Å². The number of alkyl halides is 2. The van der Waals surface area contributed by atoms with Gasteiger partial charge in [0.05, 0.1) is 30.8 Å². The number of likely N-dealkylation sites (tertiary alicyclic amines) is 1. The third kappa shape index (κ3) is 7.08. The fourth-order valence-corrected chi connectivity index (χ4v) is 5.24. The van der Waals surface area contributed by atoms with E-state index in [1.165, 1.54) is 18.2 Å². The third-order valence-electron chi connectivity index (χ3n) is 8.12. The van der Waals surface area contributed by atoms with Crippen molar-refractivity contribution >= 4 is 17.6 Å². The molecule has 11 nitrogen and oxygen atoms in total. The molecule has 1 aromatic carbocycles. The van der Waals surface area contributed by atoms with Gasteiger partial charge in [-0.1, -0.05) is 6.07 Å². The Morgan fingerprint density at radius 3 is 2.54 bits per heavy atom. The number of hydrogen-bond donors (Lipinski definition) is 2. The summed E-state index contributed by atoms with van der Waals surface area (Å²) >= 11 is 0. The number of ether oxygens (including phenoxy) is 2. The number of anilines is 1. The van der Waals surface area contributed by atoms with Crippen LogP contribution in [0, 0.1) is 11.3 Å². The highest BCUT2D eigenvalue weighted by Crippen LogP contribution is 2.36. The van der Waals surface area contributed by atoms with E-state index in [2.05, 4.69) is 15.6 Å². The van der Waals surface area contributed by atoms with E-state index in [0.29, 0.717) is 24.2 Å². The van der Waals surface area contributed by atoms with Crippen LogP contribution in [-0.4, -0.2) is 71.1 Å². The minimum Gasteiger partial charge on any atom is -0.474 e. The van der Waals surface area contributed by atoms with Crippen LogP contribution in [-0.2, 0) is 11.3 Å². The van der Waals surface area contributed by atoms with Gasteiger partial charge in [0.15, 0.2) is 0 Å². The van der Waals surface area contributed by atoms with Crippen LogP contribution in [0.1, 0.15) is 70.5 Å². The minimum absolute atomic E-state index is 0.0127. The SMILES string of the molecule is CO[C@@H](C)CNCc1cc(C(=O)Nc2cc(-c3ccc(C#N)cc3C(=O)N3CC(F)(F)C3)cc(OC3CC3)n2)c(=O)n(C2CC2)c1. The summed E-state index contributed by atoms with van der Waals surface area (Å²) in [5, 5.41) is 15.5. The second-order valence-corrected chi connectivity index (χ2v) is 12.1. The lowest BCUT2D eigenvalue weighted by Gasteiger charge is -2.39. The predicted molar refractivity (Wildman–Crippen MR) is 164 cm³/mol. The zero-order valence-electron chi connectivity index (χ0n) is 25.5. The molecule has 2 amide bonds. The van der Waals surface area contributed by atoms with Gasteiger partial charge in [0, 0.05) is 44.1 Å². The first-order valence-electron chi connectivity index (χ1n) is 15.2. The monoisotopic (exact) mass is 632 g/mol. The maximum Gasteiger partial charge on any atom is 0.282 e. The zero-order valence-corrected chi connectivity index (χ0v) is 25.5. The number of nitrogens with zero attached hydrogens (tertiary/aromatic N) is 4. The summed E-state index contributed by atoms with van der Waals surface area (Å²) in [6.07, 6.45) is 5.09. The van der Waals surface area contributed by atoms with E-state index in [4.69, 9.17) is 9.47 Å². The second-order valence-electron chi connectivity index (χ2n) is 12.1. The van der Waals surface area contributed by atoms with Gasteiger partial charge in [-0.25, -0.2) is 8.78 Å². The van der Waals surface area contributed by atoms with Gasteiger partial charge < -0.3 is 29.6 Å². The van der Waals surface area contributed by atoms with Crippen LogP contribution in [0.5, 0.6) is 5.88 Å². The molecule has 3 heterocycles.